The average molecular weight is 353 g/mol. The van der Waals surface area contributed by atoms with Crippen LogP contribution >= 0.6 is 11.6 Å². The van der Waals surface area contributed by atoms with Crippen molar-refractivity contribution < 1.29 is 13.2 Å². The second-order valence-corrected chi connectivity index (χ2v) is 6.72. The van der Waals surface area contributed by atoms with Crippen LogP contribution in [-0.4, -0.2) is 26.5 Å². The lowest BCUT2D eigenvalue weighted by Gasteiger charge is -2.23. The van der Waals surface area contributed by atoms with E-state index < -0.39 is 10.0 Å². The standard InChI is InChI=1S/C14H13ClN4O3S/c1-22-11-5-2-6-12-13(11)18-14(19-23(12,20)21)17-8-10-9(15)4-3-7-16-10/h2-7H,8H2,1H3,(H2,17,18,19). The molecular formula is C14H13ClN4O3S. The zero-order valence-corrected chi connectivity index (χ0v) is 13.6. The number of hydrogen-bond acceptors (Lipinski definition) is 5. The van der Waals surface area contributed by atoms with Gasteiger partial charge in [0.25, 0.3) is 10.0 Å². The van der Waals surface area contributed by atoms with Crippen molar-refractivity contribution >= 4 is 33.3 Å². The van der Waals surface area contributed by atoms with Gasteiger partial charge < -0.3 is 10.1 Å². The van der Waals surface area contributed by atoms with Crippen molar-refractivity contribution in [2.75, 3.05) is 12.4 Å². The summed E-state index contributed by atoms with van der Waals surface area (Å²) in [6, 6.07) is 8.16. The molecule has 0 saturated heterocycles. The number of pyridine rings is 1. The Kier molecular flexibility index (Phi) is 4.10. The molecule has 1 aliphatic rings. The molecule has 120 valence electrons. The summed E-state index contributed by atoms with van der Waals surface area (Å²) in [4.78, 5) is 8.41. The molecule has 2 heterocycles. The minimum atomic E-state index is -3.72. The summed E-state index contributed by atoms with van der Waals surface area (Å²) < 4.78 is 32.2. The number of ether oxygens (including phenoxy) is 1. The van der Waals surface area contributed by atoms with E-state index in [-0.39, 0.29) is 17.4 Å². The van der Waals surface area contributed by atoms with Crippen LogP contribution in [0.2, 0.25) is 5.02 Å². The zero-order chi connectivity index (χ0) is 16.4. The highest BCUT2D eigenvalue weighted by molar-refractivity contribution is 7.90. The van der Waals surface area contributed by atoms with Gasteiger partial charge in [-0.15, -0.1) is 0 Å². The Morgan fingerprint density at radius 2 is 2.13 bits per heavy atom. The number of methoxy groups -OCH3 is 1. The summed E-state index contributed by atoms with van der Waals surface area (Å²) >= 11 is 6.02. The van der Waals surface area contributed by atoms with Crippen molar-refractivity contribution in [2.45, 2.75) is 11.4 Å². The van der Waals surface area contributed by atoms with Crippen LogP contribution in [0.1, 0.15) is 5.69 Å². The van der Waals surface area contributed by atoms with Crippen molar-refractivity contribution in [2.24, 2.45) is 4.99 Å². The number of para-hydroxylation sites is 1. The van der Waals surface area contributed by atoms with Gasteiger partial charge in [0.1, 0.15) is 16.3 Å². The van der Waals surface area contributed by atoms with Gasteiger partial charge in [0, 0.05) is 6.20 Å². The molecule has 23 heavy (non-hydrogen) atoms. The molecule has 0 amide bonds. The van der Waals surface area contributed by atoms with E-state index in [1.165, 1.54) is 13.2 Å². The molecule has 7 nitrogen and oxygen atoms in total. The van der Waals surface area contributed by atoms with E-state index >= 15 is 0 Å². The maximum atomic E-state index is 12.3. The number of hydrogen-bond donors (Lipinski definition) is 2. The number of rotatable bonds is 3. The highest BCUT2D eigenvalue weighted by Gasteiger charge is 2.28. The van der Waals surface area contributed by atoms with Gasteiger partial charge in [-0.1, -0.05) is 17.7 Å². The number of nitrogens with zero attached hydrogens (tertiary/aromatic N) is 2. The fourth-order valence-corrected chi connectivity index (χ4v) is 3.45. The molecule has 1 aromatic heterocycles. The van der Waals surface area contributed by atoms with E-state index in [4.69, 9.17) is 16.3 Å². The summed E-state index contributed by atoms with van der Waals surface area (Å²) in [7, 11) is -2.25. The van der Waals surface area contributed by atoms with E-state index in [0.29, 0.717) is 22.2 Å². The number of aliphatic imine (C=N–C) groups is 1. The SMILES string of the molecule is COc1cccc2c1NC(=NCc1ncccc1Cl)NS2(=O)=O. The van der Waals surface area contributed by atoms with Crippen LogP contribution < -0.4 is 14.8 Å². The van der Waals surface area contributed by atoms with E-state index in [1.54, 1.807) is 30.5 Å². The number of aromatic nitrogens is 1. The molecular weight excluding hydrogens is 340 g/mol. The topological polar surface area (TPSA) is 92.7 Å². The maximum absolute atomic E-state index is 12.3. The van der Waals surface area contributed by atoms with Gasteiger partial charge in [-0.3, -0.25) is 4.98 Å². The zero-order valence-electron chi connectivity index (χ0n) is 12.1. The molecule has 1 aliphatic heterocycles. The number of fused-ring (bicyclic) bond motifs is 1. The molecule has 3 rings (SSSR count). The maximum Gasteiger partial charge on any atom is 0.266 e. The van der Waals surface area contributed by atoms with Crippen molar-refractivity contribution in [3.63, 3.8) is 0 Å². The second-order valence-electron chi connectivity index (χ2n) is 4.66. The van der Waals surface area contributed by atoms with Crippen LogP contribution in [0.5, 0.6) is 5.75 Å². The quantitative estimate of drug-likeness (QED) is 0.881. The van der Waals surface area contributed by atoms with E-state index in [0.717, 1.165) is 0 Å². The number of nitrogens with one attached hydrogen (secondary N) is 2. The third-order valence-corrected chi connectivity index (χ3v) is 4.92. The Bertz CT molecular complexity index is 883. The average Bonchev–Trinajstić information content (AvgIpc) is 2.53. The largest absolute Gasteiger partial charge is 0.495 e. The van der Waals surface area contributed by atoms with Gasteiger partial charge >= 0.3 is 0 Å². The smallest absolute Gasteiger partial charge is 0.266 e. The molecule has 2 aromatic rings. The molecule has 2 N–H and O–H groups in total. The van der Waals surface area contributed by atoms with Gasteiger partial charge in [0.2, 0.25) is 5.96 Å². The van der Waals surface area contributed by atoms with E-state index in [1.807, 2.05) is 0 Å². The van der Waals surface area contributed by atoms with E-state index in [9.17, 15) is 8.42 Å². The van der Waals surface area contributed by atoms with Gasteiger partial charge in [0.15, 0.2) is 0 Å². The predicted octanol–water partition coefficient (Wildman–Crippen LogP) is 2.00. The summed E-state index contributed by atoms with van der Waals surface area (Å²) in [5, 5.41) is 3.39. The Hall–Kier alpha value is -2.32. The molecule has 0 saturated carbocycles. The first kappa shape index (κ1) is 15.6. The van der Waals surface area contributed by atoms with Crippen molar-refractivity contribution in [1.82, 2.24) is 9.71 Å². The van der Waals surface area contributed by atoms with Gasteiger partial charge in [-0.05, 0) is 24.3 Å². The molecule has 0 atom stereocenters. The Labute approximate surface area is 138 Å². The number of halogens is 1. The first-order valence-electron chi connectivity index (χ1n) is 6.62. The van der Waals surface area contributed by atoms with Crippen LogP contribution in [0.4, 0.5) is 5.69 Å². The third kappa shape index (κ3) is 3.08. The lowest BCUT2D eigenvalue weighted by atomic mass is 10.3. The Morgan fingerprint density at radius 3 is 2.87 bits per heavy atom. The van der Waals surface area contributed by atoms with Crippen LogP contribution in [0.3, 0.4) is 0 Å². The van der Waals surface area contributed by atoms with Crippen LogP contribution in [0, 0.1) is 0 Å². The number of anilines is 1. The number of guanidine groups is 1. The fraction of sp³-hybridized carbons (Fsp3) is 0.143. The first-order chi connectivity index (χ1) is 11.0. The van der Waals surface area contributed by atoms with Gasteiger partial charge in [-0.25, -0.2) is 18.1 Å². The molecule has 0 bridgehead atoms. The molecule has 1 aromatic carbocycles. The Morgan fingerprint density at radius 1 is 1.30 bits per heavy atom. The Balaban J connectivity index is 1.95. The number of benzene rings is 1. The molecule has 0 aliphatic carbocycles. The normalized spacial score (nSPS) is 17.0. The minimum absolute atomic E-state index is 0.0868. The molecule has 9 heteroatoms. The third-order valence-electron chi connectivity index (χ3n) is 3.19. The highest BCUT2D eigenvalue weighted by atomic mass is 35.5. The van der Waals surface area contributed by atoms with Crippen LogP contribution in [0.15, 0.2) is 46.4 Å². The second kappa shape index (κ2) is 6.05. The van der Waals surface area contributed by atoms with Crippen molar-refractivity contribution in [3.8, 4) is 5.75 Å². The van der Waals surface area contributed by atoms with Crippen LogP contribution in [-0.2, 0) is 16.6 Å². The summed E-state index contributed by atoms with van der Waals surface area (Å²) in [5.41, 5.74) is 0.896. The molecule has 0 fully saturated rings. The highest BCUT2D eigenvalue weighted by Crippen LogP contribution is 2.33. The minimum Gasteiger partial charge on any atom is -0.495 e. The predicted molar refractivity (Wildman–Crippen MR) is 87.3 cm³/mol. The van der Waals surface area contributed by atoms with Crippen molar-refractivity contribution in [3.05, 3.63) is 47.2 Å². The monoisotopic (exact) mass is 352 g/mol. The molecule has 0 unspecified atom stereocenters. The first-order valence-corrected chi connectivity index (χ1v) is 8.48. The van der Waals surface area contributed by atoms with Crippen molar-refractivity contribution in [1.29, 1.82) is 0 Å². The van der Waals surface area contributed by atoms with E-state index in [2.05, 4.69) is 20.0 Å². The van der Waals surface area contributed by atoms with Crippen LogP contribution in [0.25, 0.3) is 0 Å². The van der Waals surface area contributed by atoms with Gasteiger partial charge in [-0.2, -0.15) is 0 Å². The fourth-order valence-electron chi connectivity index (χ4n) is 2.11. The summed E-state index contributed by atoms with van der Waals surface area (Å²) in [5.74, 6) is 0.500. The summed E-state index contributed by atoms with van der Waals surface area (Å²) in [6.07, 6.45) is 1.60. The van der Waals surface area contributed by atoms with Gasteiger partial charge in [0.05, 0.1) is 24.4 Å². The number of sulfonamides is 1. The molecule has 0 spiro atoms. The lowest BCUT2D eigenvalue weighted by Crippen LogP contribution is -2.40. The molecule has 0 radical (unpaired) electrons. The summed E-state index contributed by atoms with van der Waals surface area (Å²) in [6.45, 7) is 0.134. The lowest BCUT2D eigenvalue weighted by molar-refractivity contribution is 0.415.